The van der Waals surface area contributed by atoms with E-state index in [4.69, 9.17) is 0 Å². The monoisotopic (exact) mass is 407 g/mol. The van der Waals surface area contributed by atoms with Crippen molar-refractivity contribution in [3.05, 3.63) is 93.9 Å². The molecular weight excluding hydrogens is 390 g/mol. The number of carbonyl (C=O) groups is 1. The number of halogens is 1. The van der Waals surface area contributed by atoms with Crippen LogP contribution in [-0.2, 0) is 0 Å². The molecule has 1 N–H and O–H groups in total. The van der Waals surface area contributed by atoms with E-state index in [0.29, 0.717) is 11.4 Å². The molecule has 4 nitrogen and oxygen atoms in total. The van der Waals surface area contributed by atoms with Crippen LogP contribution in [0.15, 0.2) is 71.6 Å². The second kappa shape index (κ2) is 8.06. The van der Waals surface area contributed by atoms with E-state index in [2.05, 4.69) is 49.4 Å². The molecule has 26 heavy (non-hydrogen) atoms. The van der Waals surface area contributed by atoms with Crippen LogP contribution in [0.5, 0.6) is 0 Å². The zero-order valence-electron chi connectivity index (χ0n) is 14.5. The van der Waals surface area contributed by atoms with Crippen LogP contribution in [0.1, 0.15) is 34.0 Å². The van der Waals surface area contributed by atoms with Crippen molar-refractivity contribution >= 4 is 33.2 Å². The third-order valence-electron chi connectivity index (χ3n) is 4.04. The first-order chi connectivity index (χ1) is 12.6. The van der Waals surface area contributed by atoms with Gasteiger partial charge < -0.3 is 5.32 Å². The van der Waals surface area contributed by atoms with Crippen LogP contribution in [-0.4, -0.2) is 15.9 Å². The second-order valence-electron chi connectivity index (χ2n) is 5.79. The molecule has 0 unspecified atom stereocenters. The fourth-order valence-corrected chi connectivity index (χ4v) is 2.91. The summed E-state index contributed by atoms with van der Waals surface area (Å²) in [6, 6.07) is 13.7. The number of rotatable bonds is 4. The normalized spacial score (nSPS) is 11.3. The number of anilines is 1. The van der Waals surface area contributed by atoms with Crippen LogP contribution in [0, 0.1) is 6.92 Å². The van der Waals surface area contributed by atoms with Gasteiger partial charge in [0.25, 0.3) is 5.91 Å². The summed E-state index contributed by atoms with van der Waals surface area (Å²) in [5.41, 5.74) is 4.61. The lowest BCUT2D eigenvalue weighted by atomic mass is 9.99. The van der Waals surface area contributed by atoms with Crippen LogP contribution < -0.4 is 5.32 Å². The van der Waals surface area contributed by atoms with Crippen LogP contribution in [0.2, 0.25) is 0 Å². The Balaban J connectivity index is 1.79. The minimum absolute atomic E-state index is 0.213. The maximum Gasteiger partial charge on any atom is 0.258 e. The summed E-state index contributed by atoms with van der Waals surface area (Å²) in [5, 5.41) is 2.81. The van der Waals surface area contributed by atoms with Crippen molar-refractivity contribution in [3.63, 3.8) is 0 Å². The molecule has 0 aliphatic rings. The van der Waals surface area contributed by atoms with E-state index >= 15 is 0 Å². The van der Waals surface area contributed by atoms with Gasteiger partial charge >= 0.3 is 0 Å². The van der Waals surface area contributed by atoms with Crippen molar-refractivity contribution in [3.8, 4) is 0 Å². The quantitative estimate of drug-likeness (QED) is 0.642. The molecule has 3 aromatic rings. The van der Waals surface area contributed by atoms with E-state index in [9.17, 15) is 4.79 Å². The van der Waals surface area contributed by atoms with E-state index in [1.807, 2.05) is 38.1 Å². The van der Waals surface area contributed by atoms with Gasteiger partial charge in [0.15, 0.2) is 0 Å². The number of pyridine rings is 2. The largest absolute Gasteiger partial charge is 0.307 e. The predicted octanol–water partition coefficient (Wildman–Crippen LogP) is 5.25. The minimum atomic E-state index is -0.213. The van der Waals surface area contributed by atoms with Crippen molar-refractivity contribution in [2.75, 3.05) is 5.32 Å². The minimum Gasteiger partial charge on any atom is -0.307 e. The van der Waals surface area contributed by atoms with Crippen molar-refractivity contribution < 1.29 is 4.79 Å². The molecule has 0 radical (unpaired) electrons. The maximum absolute atomic E-state index is 12.4. The Kier molecular flexibility index (Phi) is 5.58. The molecular formula is C21H18BrN3O. The van der Waals surface area contributed by atoms with Gasteiger partial charge in [-0.2, -0.15) is 0 Å². The summed E-state index contributed by atoms with van der Waals surface area (Å²) < 4.78 is 1.04. The molecule has 0 aliphatic heterocycles. The molecule has 0 saturated heterocycles. The van der Waals surface area contributed by atoms with Gasteiger partial charge in [-0.25, -0.2) is 4.98 Å². The number of carbonyl (C=O) groups excluding carboxylic acids is 1. The highest BCUT2D eigenvalue weighted by Gasteiger charge is 2.10. The van der Waals surface area contributed by atoms with Gasteiger partial charge in [-0.05, 0) is 60.9 Å². The van der Waals surface area contributed by atoms with E-state index in [0.717, 1.165) is 26.7 Å². The van der Waals surface area contributed by atoms with E-state index in [1.165, 1.54) is 0 Å². The van der Waals surface area contributed by atoms with Gasteiger partial charge in [0.2, 0.25) is 0 Å². The Morgan fingerprint density at radius 1 is 1.04 bits per heavy atom. The molecule has 2 heterocycles. The molecule has 3 rings (SSSR count). The predicted molar refractivity (Wildman–Crippen MR) is 108 cm³/mol. The lowest BCUT2D eigenvalue weighted by Crippen LogP contribution is -2.14. The molecule has 0 atom stereocenters. The first kappa shape index (κ1) is 18.0. The van der Waals surface area contributed by atoms with Crippen LogP contribution in [0.4, 0.5) is 5.82 Å². The van der Waals surface area contributed by atoms with Gasteiger partial charge in [-0.1, -0.05) is 34.1 Å². The number of nitrogens with zero attached hydrogens (tertiary/aromatic N) is 2. The fourth-order valence-electron chi connectivity index (χ4n) is 2.64. The number of aromatic nitrogens is 2. The molecule has 0 spiro atoms. The Morgan fingerprint density at radius 3 is 2.38 bits per heavy atom. The van der Waals surface area contributed by atoms with E-state index in [-0.39, 0.29) is 5.91 Å². The molecule has 2 aromatic heterocycles. The lowest BCUT2D eigenvalue weighted by molar-refractivity contribution is 0.102. The molecule has 0 fully saturated rings. The summed E-state index contributed by atoms with van der Waals surface area (Å²) in [7, 11) is 0. The smallest absolute Gasteiger partial charge is 0.258 e. The summed E-state index contributed by atoms with van der Waals surface area (Å²) in [5.74, 6) is 0.295. The maximum atomic E-state index is 12.4. The summed E-state index contributed by atoms with van der Waals surface area (Å²) in [6.45, 7) is 3.88. The molecule has 0 bridgehead atoms. The standard InChI is InChI=1S/C21H18BrN3O/c1-3-18(15-4-7-17(22)8-5-15)16-6-9-20(24-12-16)25-21(26)19-13-23-11-10-14(19)2/h3-13H,1-2H3,(H,24,25,26). The number of aryl methyl sites for hydroxylation is 1. The molecule has 130 valence electrons. The number of benzene rings is 1. The highest BCUT2D eigenvalue weighted by Crippen LogP contribution is 2.25. The Hall–Kier alpha value is -2.79. The molecule has 1 amide bonds. The summed E-state index contributed by atoms with van der Waals surface area (Å²) in [4.78, 5) is 20.7. The van der Waals surface area contributed by atoms with Crippen LogP contribution >= 0.6 is 15.9 Å². The third kappa shape index (κ3) is 4.06. The Morgan fingerprint density at radius 2 is 1.77 bits per heavy atom. The second-order valence-corrected chi connectivity index (χ2v) is 6.70. The molecule has 0 saturated carbocycles. The van der Waals surface area contributed by atoms with Gasteiger partial charge in [-0.15, -0.1) is 0 Å². The number of amides is 1. The average Bonchev–Trinajstić information content (AvgIpc) is 2.65. The van der Waals surface area contributed by atoms with Crippen molar-refractivity contribution in [1.82, 2.24) is 9.97 Å². The van der Waals surface area contributed by atoms with E-state index in [1.54, 1.807) is 24.7 Å². The Labute approximate surface area is 161 Å². The number of hydrogen-bond acceptors (Lipinski definition) is 3. The zero-order chi connectivity index (χ0) is 18.5. The van der Waals surface area contributed by atoms with Crippen molar-refractivity contribution in [2.24, 2.45) is 0 Å². The average molecular weight is 408 g/mol. The topological polar surface area (TPSA) is 54.9 Å². The summed E-state index contributed by atoms with van der Waals surface area (Å²) >= 11 is 3.45. The van der Waals surface area contributed by atoms with Crippen molar-refractivity contribution in [2.45, 2.75) is 13.8 Å². The van der Waals surface area contributed by atoms with Crippen LogP contribution in [0.3, 0.4) is 0 Å². The third-order valence-corrected chi connectivity index (χ3v) is 4.57. The highest BCUT2D eigenvalue weighted by molar-refractivity contribution is 9.10. The molecule has 0 aliphatic carbocycles. The zero-order valence-corrected chi connectivity index (χ0v) is 16.1. The van der Waals surface area contributed by atoms with Gasteiger partial charge in [-0.3, -0.25) is 9.78 Å². The first-order valence-corrected chi connectivity index (χ1v) is 8.98. The van der Waals surface area contributed by atoms with E-state index < -0.39 is 0 Å². The van der Waals surface area contributed by atoms with Crippen molar-refractivity contribution in [1.29, 1.82) is 0 Å². The van der Waals surface area contributed by atoms with Gasteiger partial charge in [0, 0.05) is 28.6 Å². The number of allylic oxidation sites excluding steroid dienone is 1. The molecule has 1 aromatic carbocycles. The fraction of sp³-hybridized carbons (Fsp3) is 0.0952. The first-order valence-electron chi connectivity index (χ1n) is 8.19. The highest BCUT2D eigenvalue weighted by atomic mass is 79.9. The summed E-state index contributed by atoms with van der Waals surface area (Å²) in [6.07, 6.45) is 7.05. The lowest BCUT2D eigenvalue weighted by Gasteiger charge is -2.10. The van der Waals surface area contributed by atoms with Gasteiger partial charge in [0.1, 0.15) is 5.82 Å². The number of hydrogen-bond donors (Lipinski definition) is 1. The van der Waals surface area contributed by atoms with Crippen LogP contribution in [0.25, 0.3) is 5.57 Å². The Bertz CT molecular complexity index is 948. The SMILES string of the molecule is CC=C(c1ccc(Br)cc1)c1ccc(NC(=O)c2cnccc2C)nc1. The molecule has 5 heteroatoms. The number of nitrogens with one attached hydrogen (secondary N) is 1. The van der Waals surface area contributed by atoms with Gasteiger partial charge in [0.05, 0.1) is 5.56 Å².